The van der Waals surface area contributed by atoms with Gasteiger partial charge in [0, 0.05) is 38.8 Å². The Balaban J connectivity index is 1.29. The molecule has 1 aliphatic carbocycles. The highest BCUT2D eigenvalue weighted by Gasteiger charge is 2.29. The van der Waals surface area contributed by atoms with E-state index in [2.05, 4.69) is 15.1 Å². The van der Waals surface area contributed by atoms with Crippen molar-refractivity contribution in [2.45, 2.75) is 38.3 Å². The maximum Gasteiger partial charge on any atom is 0.237 e. The predicted molar refractivity (Wildman–Crippen MR) is 95.2 cm³/mol. The van der Waals surface area contributed by atoms with Crippen LogP contribution in [0.2, 0.25) is 0 Å². The lowest BCUT2D eigenvalue weighted by Gasteiger charge is -2.37. The molecule has 1 saturated carbocycles. The molecule has 6 heteroatoms. The first kappa shape index (κ1) is 18.1. The number of carbonyl (C=O) groups excluding carboxylic acids is 1. The van der Waals surface area contributed by atoms with Crippen LogP contribution >= 0.6 is 0 Å². The third kappa shape index (κ3) is 5.68. The van der Waals surface area contributed by atoms with E-state index in [9.17, 15) is 9.18 Å². The number of benzene rings is 1. The summed E-state index contributed by atoms with van der Waals surface area (Å²) >= 11 is 0. The highest BCUT2D eigenvalue weighted by molar-refractivity contribution is 5.81. The Hall–Kier alpha value is -1.66. The van der Waals surface area contributed by atoms with Crippen LogP contribution in [-0.4, -0.2) is 67.1 Å². The molecule has 2 fully saturated rings. The van der Waals surface area contributed by atoms with Gasteiger partial charge in [-0.15, -0.1) is 0 Å². The first-order valence-electron chi connectivity index (χ1n) is 9.27. The normalized spacial score (nSPS) is 20.2. The summed E-state index contributed by atoms with van der Waals surface area (Å²) < 4.78 is 18.5. The van der Waals surface area contributed by atoms with Crippen LogP contribution in [0.3, 0.4) is 0 Å². The first-order valence-corrected chi connectivity index (χ1v) is 9.27. The van der Waals surface area contributed by atoms with Crippen LogP contribution in [0.25, 0.3) is 0 Å². The Morgan fingerprint density at radius 2 is 1.92 bits per heavy atom. The van der Waals surface area contributed by atoms with Gasteiger partial charge in [0.1, 0.15) is 11.6 Å². The van der Waals surface area contributed by atoms with Crippen LogP contribution in [0.15, 0.2) is 24.3 Å². The fraction of sp³-hybridized carbons (Fsp3) is 0.632. The van der Waals surface area contributed by atoms with Gasteiger partial charge < -0.3 is 15.0 Å². The molecular weight excluding hydrogens is 321 g/mol. The third-order valence-corrected chi connectivity index (χ3v) is 4.96. The second-order valence-electron chi connectivity index (χ2n) is 6.99. The third-order valence-electron chi connectivity index (χ3n) is 4.96. The van der Waals surface area contributed by atoms with E-state index >= 15 is 0 Å². The van der Waals surface area contributed by atoms with E-state index in [0.29, 0.717) is 18.4 Å². The van der Waals surface area contributed by atoms with Crippen LogP contribution < -0.4 is 10.1 Å². The zero-order valence-corrected chi connectivity index (χ0v) is 14.9. The molecule has 1 aromatic rings. The molecule has 25 heavy (non-hydrogen) atoms. The van der Waals surface area contributed by atoms with E-state index in [-0.39, 0.29) is 17.8 Å². The number of halogens is 1. The van der Waals surface area contributed by atoms with E-state index < -0.39 is 0 Å². The number of rotatable bonds is 8. The van der Waals surface area contributed by atoms with Crippen LogP contribution in [0.4, 0.5) is 4.39 Å². The first-order chi connectivity index (χ1) is 12.1. The maximum atomic E-state index is 12.8. The zero-order chi connectivity index (χ0) is 17.6. The fourth-order valence-electron chi connectivity index (χ4n) is 3.10. The second kappa shape index (κ2) is 8.63. The molecule has 1 saturated heterocycles. The molecule has 5 nitrogen and oxygen atoms in total. The van der Waals surface area contributed by atoms with Gasteiger partial charge in [0.15, 0.2) is 0 Å². The van der Waals surface area contributed by atoms with Gasteiger partial charge in [0.25, 0.3) is 0 Å². The van der Waals surface area contributed by atoms with Gasteiger partial charge in [-0.2, -0.15) is 0 Å². The van der Waals surface area contributed by atoms with Crippen molar-refractivity contribution in [1.29, 1.82) is 0 Å². The quantitative estimate of drug-likeness (QED) is 0.728. The summed E-state index contributed by atoms with van der Waals surface area (Å²) in [6, 6.07) is 6.52. The summed E-state index contributed by atoms with van der Waals surface area (Å²) in [4.78, 5) is 16.8. The highest BCUT2D eigenvalue weighted by Crippen LogP contribution is 2.19. The number of hydrogen-bond donors (Lipinski definition) is 1. The molecule has 1 N–H and O–H groups in total. The number of nitrogens with zero attached hydrogens (tertiary/aromatic N) is 2. The van der Waals surface area contributed by atoms with Gasteiger partial charge in [0.05, 0.1) is 12.6 Å². The van der Waals surface area contributed by atoms with Gasteiger partial charge in [-0.05, 0) is 50.5 Å². The Labute approximate surface area is 149 Å². The summed E-state index contributed by atoms with van der Waals surface area (Å²) in [5, 5.41) is 3.09. The lowest BCUT2D eigenvalue weighted by atomic mass is 10.2. The molecule has 138 valence electrons. The average Bonchev–Trinajstić information content (AvgIpc) is 3.44. The molecular formula is C19H28FN3O2. The van der Waals surface area contributed by atoms with Crippen molar-refractivity contribution in [1.82, 2.24) is 15.1 Å². The molecule has 1 aromatic carbocycles. The van der Waals surface area contributed by atoms with Gasteiger partial charge in [-0.3, -0.25) is 9.69 Å². The SMILES string of the molecule is C[C@@H](C(=O)NC1CC1)N1CCN(CCCOc2ccc(F)cc2)CC1. The van der Waals surface area contributed by atoms with Crippen molar-refractivity contribution in [2.24, 2.45) is 0 Å². The molecule has 1 aliphatic heterocycles. The number of carbonyl (C=O) groups is 1. The largest absolute Gasteiger partial charge is 0.494 e. The number of amides is 1. The van der Waals surface area contributed by atoms with E-state index in [1.54, 1.807) is 12.1 Å². The molecule has 0 bridgehead atoms. The molecule has 0 aromatic heterocycles. The number of hydrogen-bond acceptors (Lipinski definition) is 4. The second-order valence-corrected chi connectivity index (χ2v) is 6.99. The molecule has 1 heterocycles. The zero-order valence-electron chi connectivity index (χ0n) is 14.9. The lowest BCUT2D eigenvalue weighted by molar-refractivity contribution is -0.126. The van der Waals surface area contributed by atoms with Gasteiger partial charge >= 0.3 is 0 Å². The molecule has 0 spiro atoms. The maximum absolute atomic E-state index is 12.8. The highest BCUT2D eigenvalue weighted by atomic mass is 19.1. The summed E-state index contributed by atoms with van der Waals surface area (Å²) in [7, 11) is 0. The number of piperazine rings is 1. The summed E-state index contributed by atoms with van der Waals surface area (Å²) in [6.07, 6.45) is 3.20. The minimum absolute atomic E-state index is 0.0374. The average molecular weight is 349 g/mol. The van der Waals surface area contributed by atoms with E-state index in [1.165, 1.54) is 12.1 Å². The monoisotopic (exact) mass is 349 g/mol. The molecule has 0 radical (unpaired) electrons. The lowest BCUT2D eigenvalue weighted by Crippen LogP contribution is -2.54. The van der Waals surface area contributed by atoms with Gasteiger partial charge in [0.2, 0.25) is 5.91 Å². The molecule has 1 atom stereocenters. The van der Waals surface area contributed by atoms with Gasteiger partial charge in [-0.1, -0.05) is 0 Å². The number of ether oxygens (including phenoxy) is 1. The summed E-state index contributed by atoms with van der Waals surface area (Å²) in [5.74, 6) is 0.635. The van der Waals surface area contributed by atoms with Gasteiger partial charge in [-0.25, -0.2) is 4.39 Å². The van der Waals surface area contributed by atoms with Crippen molar-refractivity contribution < 1.29 is 13.9 Å². The number of nitrogens with one attached hydrogen (secondary N) is 1. The molecule has 2 aliphatic rings. The molecule has 0 unspecified atom stereocenters. The van der Waals surface area contributed by atoms with Crippen molar-refractivity contribution in [3.8, 4) is 5.75 Å². The van der Waals surface area contributed by atoms with Crippen LogP contribution in [0.1, 0.15) is 26.2 Å². The molecule has 1 amide bonds. The summed E-state index contributed by atoms with van der Waals surface area (Å²) in [5.41, 5.74) is 0. The van der Waals surface area contributed by atoms with Crippen LogP contribution in [0.5, 0.6) is 5.75 Å². The Kier molecular flexibility index (Phi) is 6.26. The predicted octanol–water partition coefficient (Wildman–Crippen LogP) is 1.88. The Morgan fingerprint density at radius 3 is 2.56 bits per heavy atom. The summed E-state index contributed by atoms with van der Waals surface area (Å²) in [6.45, 7) is 7.44. The standard InChI is InChI=1S/C19H28FN3O2/c1-15(19(24)21-17-5-6-17)23-12-10-22(11-13-23)9-2-14-25-18-7-3-16(20)4-8-18/h3-4,7-8,15,17H,2,5-6,9-14H2,1H3,(H,21,24)/t15-/m0/s1. The van der Waals surface area contributed by atoms with Crippen LogP contribution in [-0.2, 0) is 4.79 Å². The minimum Gasteiger partial charge on any atom is -0.494 e. The van der Waals surface area contributed by atoms with E-state index in [0.717, 1.165) is 52.0 Å². The Bertz CT molecular complexity index is 554. The van der Waals surface area contributed by atoms with Crippen LogP contribution in [0, 0.1) is 5.82 Å². The van der Waals surface area contributed by atoms with Crippen molar-refractivity contribution in [3.05, 3.63) is 30.1 Å². The topological polar surface area (TPSA) is 44.8 Å². The molecule has 3 rings (SSSR count). The van der Waals surface area contributed by atoms with Crippen molar-refractivity contribution in [2.75, 3.05) is 39.3 Å². The van der Waals surface area contributed by atoms with Crippen molar-refractivity contribution >= 4 is 5.91 Å². The Morgan fingerprint density at radius 1 is 1.24 bits per heavy atom. The van der Waals surface area contributed by atoms with E-state index in [1.807, 2.05) is 6.92 Å². The van der Waals surface area contributed by atoms with Crippen molar-refractivity contribution in [3.63, 3.8) is 0 Å². The van der Waals surface area contributed by atoms with E-state index in [4.69, 9.17) is 4.74 Å². The smallest absolute Gasteiger partial charge is 0.237 e. The fourth-order valence-corrected chi connectivity index (χ4v) is 3.10. The minimum atomic E-state index is -0.245.